The van der Waals surface area contributed by atoms with Crippen molar-refractivity contribution in [1.29, 1.82) is 0 Å². The normalized spacial score (nSPS) is 17.0. The van der Waals surface area contributed by atoms with Crippen LogP contribution in [-0.4, -0.2) is 57.8 Å². The van der Waals surface area contributed by atoms with Crippen LogP contribution < -0.4 is 5.32 Å². The van der Waals surface area contributed by atoms with Gasteiger partial charge in [0.1, 0.15) is 12.8 Å². The molecular weight excluding hydrogens is 418 g/mol. The largest absolute Gasteiger partial charge is 0.390 e. The van der Waals surface area contributed by atoms with Gasteiger partial charge in [0.15, 0.2) is 4.84 Å². The smallest absolute Gasteiger partial charge is 0.253 e. The van der Waals surface area contributed by atoms with Crippen molar-refractivity contribution in [1.82, 2.24) is 10.2 Å². The molecule has 1 aliphatic heterocycles. The molecule has 1 heterocycles. The molecule has 0 radical (unpaired) electrons. The van der Waals surface area contributed by atoms with Crippen LogP contribution in [0, 0.1) is 0 Å². The van der Waals surface area contributed by atoms with Gasteiger partial charge >= 0.3 is 0 Å². The second-order valence-electron chi connectivity index (χ2n) is 7.18. The van der Waals surface area contributed by atoms with E-state index in [2.05, 4.69) is 10.2 Å². The van der Waals surface area contributed by atoms with Gasteiger partial charge in [0.2, 0.25) is 0 Å². The third-order valence-corrected chi connectivity index (χ3v) is 5.35. The number of nitrogens with one attached hydrogen (secondary N) is 1. The molecular formula is C21H23Cl2FN2O3. The van der Waals surface area contributed by atoms with E-state index in [-0.39, 0.29) is 6.10 Å². The standard InChI is InChI=1S/C21H23Cl2FN2O3/c22-20(23)21(29)25-18(9-24)19(28)16-7-5-15(6-8-16)14-3-1-13(2-4-14)10-26-11-17(27)12-26/h1-8,17-20,27-28H,9-12H2,(H,25,29)/t18-,19-/m1/s1. The van der Waals surface area contributed by atoms with Crippen molar-refractivity contribution in [2.45, 2.75) is 29.6 Å². The molecule has 156 valence electrons. The van der Waals surface area contributed by atoms with E-state index in [0.29, 0.717) is 18.7 Å². The van der Waals surface area contributed by atoms with Crippen LogP contribution in [0.15, 0.2) is 48.5 Å². The lowest BCUT2D eigenvalue weighted by molar-refractivity contribution is -0.121. The summed E-state index contributed by atoms with van der Waals surface area (Å²) in [5.74, 6) is -0.750. The van der Waals surface area contributed by atoms with Crippen molar-refractivity contribution in [3.63, 3.8) is 0 Å². The highest BCUT2D eigenvalue weighted by molar-refractivity contribution is 6.53. The SMILES string of the molecule is O=C(N[C@H](CF)[C@H](O)c1ccc(-c2ccc(CN3CC(O)C3)cc2)cc1)C(Cl)Cl. The summed E-state index contributed by atoms with van der Waals surface area (Å²) in [6, 6.07) is 14.1. The maximum absolute atomic E-state index is 13.3. The molecule has 1 saturated heterocycles. The van der Waals surface area contributed by atoms with Crippen molar-refractivity contribution in [3.05, 3.63) is 59.7 Å². The molecule has 0 saturated carbocycles. The Bertz CT molecular complexity index is 812. The molecule has 5 nitrogen and oxygen atoms in total. The fourth-order valence-corrected chi connectivity index (χ4v) is 3.41. The van der Waals surface area contributed by atoms with Gasteiger partial charge in [-0.2, -0.15) is 0 Å². The highest BCUT2D eigenvalue weighted by Gasteiger charge is 2.25. The fraction of sp³-hybridized carbons (Fsp3) is 0.381. The van der Waals surface area contributed by atoms with E-state index in [0.717, 1.165) is 17.7 Å². The number of aliphatic hydroxyl groups is 2. The van der Waals surface area contributed by atoms with E-state index >= 15 is 0 Å². The zero-order chi connectivity index (χ0) is 21.0. The average molecular weight is 441 g/mol. The zero-order valence-corrected chi connectivity index (χ0v) is 17.2. The topological polar surface area (TPSA) is 72.8 Å². The molecule has 8 heteroatoms. The van der Waals surface area contributed by atoms with Crippen molar-refractivity contribution in [3.8, 4) is 11.1 Å². The molecule has 0 aliphatic carbocycles. The van der Waals surface area contributed by atoms with Gasteiger partial charge in [-0.25, -0.2) is 4.39 Å². The van der Waals surface area contributed by atoms with E-state index in [1.165, 1.54) is 5.56 Å². The minimum absolute atomic E-state index is 0.209. The molecule has 1 amide bonds. The molecule has 0 bridgehead atoms. The average Bonchev–Trinajstić information content (AvgIpc) is 2.70. The third-order valence-electron chi connectivity index (χ3n) is 4.96. The first-order valence-corrected chi connectivity index (χ1v) is 10.2. The van der Waals surface area contributed by atoms with Gasteiger partial charge in [0.25, 0.3) is 5.91 Å². The summed E-state index contributed by atoms with van der Waals surface area (Å²) in [6.45, 7) is 1.28. The van der Waals surface area contributed by atoms with Crippen LogP contribution in [0.4, 0.5) is 4.39 Å². The first kappa shape index (κ1) is 22.0. The maximum Gasteiger partial charge on any atom is 0.253 e. The number of amides is 1. The molecule has 2 aromatic carbocycles. The summed E-state index contributed by atoms with van der Waals surface area (Å²) in [7, 11) is 0. The number of β-amino-alcohol motifs (C(OH)–C–C–N with tert-alkyl or cyclic N) is 1. The number of rotatable bonds is 8. The summed E-state index contributed by atoms with van der Waals surface area (Å²) >= 11 is 10.9. The molecule has 0 aromatic heterocycles. The number of alkyl halides is 3. The first-order valence-electron chi connectivity index (χ1n) is 9.29. The van der Waals surface area contributed by atoms with Gasteiger partial charge in [0.05, 0.1) is 12.1 Å². The number of benzene rings is 2. The molecule has 0 spiro atoms. The van der Waals surface area contributed by atoms with E-state index in [4.69, 9.17) is 23.2 Å². The number of likely N-dealkylation sites (tertiary alicyclic amines) is 1. The molecule has 29 heavy (non-hydrogen) atoms. The second-order valence-corrected chi connectivity index (χ2v) is 8.28. The van der Waals surface area contributed by atoms with Crippen LogP contribution >= 0.6 is 23.2 Å². The van der Waals surface area contributed by atoms with Crippen molar-refractivity contribution < 1.29 is 19.4 Å². The number of hydrogen-bond acceptors (Lipinski definition) is 4. The maximum atomic E-state index is 13.3. The van der Waals surface area contributed by atoms with E-state index in [9.17, 15) is 19.4 Å². The molecule has 3 N–H and O–H groups in total. The van der Waals surface area contributed by atoms with E-state index in [1.807, 2.05) is 36.4 Å². The predicted molar refractivity (Wildman–Crippen MR) is 112 cm³/mol. The highest BCUT2D eigenvalue weighted by Crippen LogP contribution is 2.25. The number of carbonyl (C=O) groups excluding carboxylic acids is 1. The van der Waals surface area contributed by atoms with Gasteiger partial charge in [-0.1, -0.05) is 71.7 Å². The monoisotopic (exact) mass is 440 g/mol. The first-order chi connectivity index (χ1) is 13.9. The molecule has 2 aromatic rings. The molecule has 3 rings (SSSR count). The van der Waals surface area contributed by atoms with Gasteiger partial charge < -0.3 is 15.5 Å². The summed E-state index contributed by atoms with van der Waals surface area (Å²) in [5, 5.41) is 22.0. The number of aliphatic hydroxyl groups excluding tert-OH is 2. The quantitative estimate of drug-likeness (QED) is 0.551. The van der Waals surface area contributed by atoms with Crippen LogP contribution in [0.5, 0.6) is 0 Å². The Hall–Kier alpha value is -1.70. The third kappa shape index (κ3) is 5.68. The zero-order valence-electron chi connectivity index (χ0n) is 15.6. The van der Waals surface area contributed by atoms with Gasteiger partial charge in [-0.3, -0.25) is 9.69 Å². The number of carbonyl (C=O) groups is 1. The van der Waals surface area contributed by atoms with E-state index in [1.54, 1.807) is 12.1 Å². The summed E-state index contributed by atoms with van der Waals surface area (Å²) in [4.78, 5) is 12.4. The fourth-order valence-electron chi connectivity index (χ4n) is 3.29. The van der Waals surface area contributed by atoms with E-state index < -0.39 is 29.6 Å². The van der Waals surface area contributed by atoms with Crippen LogP contribution in [0.2, 0.25) is 0 Å². The summed E-state index contributed by atoms with van der Waals surface area (Å²) in [5.41, 5.74) is 3.62. The van der Waals surface area contributed by atoms with Crippen molar-refractivity contribution in [2.24, 2.45) is 0 Å². The minimum atomic E-state index is -1.33. The Labute approximate surface area is 179 Å². The number of hydrogen-bond donors (Lipinski definition) is 3. The van der Waals surface area contributed by atoms with Gasteiger partial charge in [0, 0.05) is 19.6 Å². The van der Waals surface area contributed by atoms with Crippen molar-refractivity contribution >= 4 is 29.1 Å². The lowest BCUT2D eigenvalue weighted by Crippen LogP contribution is -2.49. The predicted octanol–water partition coefficient (Wildman–Crippen LogP) is 2.82. The van der Waals surface area contributed by atoms with Gasteiger partial charge in [-0.05, 0) is 22.3 Å². The summed E-state index contributed by atoms with van der Waals surface area (Å²) < 4.78 is 13.3. The van der Waals surface area contributed by atoms with Crippen LogP contribution in [0.3, 0.4) is 0 Å². The van der Waals surface area contributed by atoms with Crippen LogP contribution in [-0.2, 0) is 11.3 Å². The van der Waals surface area contributed by atoms with Crippen LogP contribution in [0.25, 0.3) is 11.1 Å². The van der Waals surface area contributed by atoms with Crippen molar-refractivity contribution in [2.75, 3.05) is 19.8 Å². The molecule has 1 aliphatic rings. The summed E-state index contributed by atoms with van der Waals surface area (Å²) in [6.07, 6.45) is -1.43. The Morgan fingerprint density at radius 2 is 1.66 bits per heavy atom. The lowest BCUT2D eigenvalue weighted by atomic mass is 9.98. The number of nitrogens with zero attached hydrogens (tertiary/aromatic N) is 1. The second kappa shape index (κ2) is 9.87. The molecule has 1 fully saturated rings. The Morgan fingerprint density at radius 1 is 1.10 bits per heavy atom. The minimum Gasteiger partial charge on any atom is -0.390 e. The molecule has 2 atom stereocenters. The Kier molecular flexibility index (Phi) is 7.49. The Morgan fingerprint density at radius 3 is 2.14 bits per heavy atom. The number of halogens is 3. The highest BCUT2D eigenvalue weighted by atomic mass is 35.5. The molecule has 0 unspecified atom stereocenters. The van der Waals surface area contributed by atoms with Gasteiger partial charge in [-0.15, -0.1) is 0 Å². The van der Waals surface area contributed by atoms with Crippen LogP contribution in [0.1, 0.15) is 17.2 Å². The lowest BCUT2D eigenvalue weighted by Gasteiger charge is -2.35. The Balaban J connectivity index is 1.63.